The number of esters is 1. The van der Waals surface area contributed by atoms with Crippen LogP contribution in [0.4, 0.5) is 18.0 Å². The van der Waals surface area contributed by atoms with E-state index in [0.29, 0.717) is 22.4 Å². The van der Waals surface area contributed by atoms with Gasteiger partial charge in [0.1, 0.15) is 12.4 Å². The summed E-state index contributed by atoms with van der Waals surface area (Å²) in [6, 6.07) is 8.34. The molecule has 1 aliphatic rings. The molecule has 1 fully saturated rings. The third-order valence-corrected chi connectivity index (χ3v) is 4.77. The topological polar surface area (TPSA) is 65.1 Å². The average molecular weight is 423 g/mol. The van der Waals surface area contributed by atoms with Gasteiger partial charge in [-0.05, 0) is 41.0 Å². The summed E-state index contributed by atoms with van der Waals surface area (Å²) in [5.74, 6) is -0.0211. The van der Waals surface area contributed by atoms with E-state index in [2.05, 4.69) is 4.74 Å². The van der Waals surface area contributed by atoms with Gasteiger partial charge in [-0.25, -0.2) is 4.79 Å². The van der Waals surface area contributed by atoms with Gasteiger partial charge in [0, 0.05) is 12.1 Å². The number of rotatable bonds is 6. The molecule has 2 aromatic rings. The fourth-order valence-corrected chi connectivity index (χ4v) is 3.25. The first-order chi connectivity index (χ1) is 14.2. The molecule has 0 radical (unpaired) electrons. The highest BCUT2D eigenvalue weighted by Crippen LogP contribution is 2.38. The summed E-state index contributed by atoms with van der Waals surface area (Å²) in [5, 5.41) is 0. The number of hydrogen-bond acceptors (Lipinski definition) is 5. The minimum absolute atomic E-state index is 0.00190. The van der Waals surface area contributed by atoms with Crippen molar-refractivity contribution in [2.45, 2.75) is 19.1 Å². The zero-order valence-corrected chi connectivity index (χ0v) is 16.4. The molecule has 0 aromatic heterocycles. The van der Waals surface area contributed by atoms with Crippen LogP contribution >= 0.6 is 0 Å². The second kappa shape index (κ2) is 8.64. The van der Waals surface area contributed by atoms with E-state index in [1.165, 1.54) is 25.2 Å². The number of carbonyl (C=O) groups is 2. The third-order valence-electron chi connectivity index (χ3n) is 4.77. The monoisotopic (exact) mass is 423 g/mol. The van der Waals surface area contributed by atoms with E-state index in [1.807, 2.05) is 0 Å². The zero-order valence-electron chi connectivity index (χ0n) is 16.4. The molecule has 0 bridgehead atoms. The maximum Gasteiger partial charge on any atom is 0.416 e. The first kappa shape index (κ1) is 21.5. The summed E-state index contributed by atoms with van der Waals surface area (Å²) in [4.78, 5) is 24.8. The van der Waals surface area contributed by atoms with E-state index in [0.717, 1.165) is 12.1 Å². The lowest BCUT2D eigenvalue weighted by Gasteiger charge is -2.20. The molecule has 0 unspecified atom stereocenters. The molecule has 0 aliphatic carbocycles. The molecule has 1 aliphatic heterocycles. The standard InChI is InChI=1S/C21H20F3NO5/c1-28-18-6-3-13(10-19(26)29-2)9-17(18)16-5-4-15(21(22,23)24)11-14(16)12-25-7-8-30-20(25)27/h3-6,9,11H,7-8,10,12H2,1-2H3. The van der Waals surface area contributed by atoms with Crippen molar-refractivity contribution in [1.82, 2.24) is 4.90 Å². The van der Waals surface area contributed by atoms with Gasteiger partial charge in [0.25, 0.3) is 0 Å². The molecule has 3 rings (SSSR count). The molecule has 1 heterocycles. The van der Waals surface area contributed by atoms with Crippen LogP contribution in [0.5, 0.6) is 5.75 Å². The molecular weight excluding hydrogens is 403 g/mol. The van der Waals surface area contributed by atoms with Gasteiger partial charge in [-0.15, -0.1) is 0 Å². The maximum absolute atomic E-state index is 13.3. The lowest BCUT2D eigenvalue weighted by Crippen LogP contribution is -2.24. The Hall–Kier alpha value is -3.23. The molecule has 0 N–H and O–H groups in total. The first-order valence-corrected chi connectivity index (χ1v) is 9.09. The number of cyclic esters (lactones) is 1. The van der Waals surface area contributed by atoms with Gasteiger partial charge in [-0.1, -0.05) is 12.1 Å². The van der Waals surface area contributed by atoms with Crippen LogP contribution in [0, 0.1) is 0 Å². The van der Waals surface area contributed by atoms with Crippen LogP contribution in [0.2, 0.25) is 0 Å². The maximum atomic E-state index is 13.3. The molecule has 1 saturated heterocycles. The van der Waals surface area contributed by atoms with Crippen molar-refractivity contribution in [3.05, 3.63) is 53.1 Å². The SMILES string of the molecule is COC(=O)Cc1ccc(OC)c(-c2ccc(C(F)(F)F)cc2CN2CCOC2=O)c1. The number of halogens is 3. The van der Waals surface area contributed by atoms with E-state index in [-0.39, 0.29) is 31.7 Å². The number of benzene rings is 2. The lowest BCUT2D eigenvalue weighted by atomic mass is 9.94. The number of hydrogen-bond donors (Lipinski definition) is 0. The minimum Gasteiger partial charge on any atom is -0.496 e. The Bertz CT molecular complexity index is 958. The van der Waals surface area contributed by atoms with Crippen LogP contribution in [0.15, 0.2) is 36.4 Å². The minimum atomic E-state index is -4.53. The number of amides is 1. The Labute approximate surface area is 171 Å². The van der Waals surface area contributed by atoms with Crippen LogP contribution in [0.25, 0.3) is 11.1 Å². The molecule has 6 nitrogen and oxygen atoms in total. The van der Waals surface area contributed by atoms with Gasteiger partial charge < -0.3 is 19.1 Å². The average Bonchev–Trinajstić information content (AvgIpc) is 3.11. The van der Waals surface area contributed by atoms with E-state index in [4.69, 9.17) is 9.47 Å². The van der Waals surface area contributed by atoms with Crippen LogP contribution in [-0.4, -0.2) is 44.3 Å². The molecule has 160 valence electrons. The fourth-order valence-electron chi connectivity index (χ4n) is 3.25. The van der Waals surface area contributed by atoms with Gasteiger partial charge in [0.15, 0.2) is 0 Å². The summed E-state index contributed by atoms with van der Waals surface area (Å²) < 4.78 is 54.9. The third kappa shape index (κ3) is 4.67. The zero-order chi connectivity index (χ0) is 21.9. The van der Waals surface area contributed by atoms with E-state index < -0.39 is 23.8 Å². The summed E-state index contributed by atoms with van der Waals surface area (Å²) >= 11 is 0. The van der Waals surface area contributed by atoms with Gasteiger partial charge in [0.05, 0.1) is 32.7 Å². The van der Waals surface area contributed by atoms with Gasteiger partial charge >= 0.3 is 18.2 Å². The molecule has 0 atom stereocenters. The summed E-state index contributed by atoms with van der Waals surface area (Å²) in [6.45, 7) is 0.418. The highest BCUT2D eigenvalue weighted by atomic mass is 19.4. The van der Waals surface area contributed by atoms with E-state index in [9.17, 15) is 22.8 Å². The largest absolute Gasteiger partial charge is 0.496 e. The van der Waals surface area contributed by atoms with Crippen LogP contribution in [0.3, 0.4) is 0 Å². The van der Waals surface area contributed by atoms with E-state index >= 15 is 0 Å². The molecule has 30 heavy (non-hydrogen) atoms. The van der Waals surface area contributed by atoms with Crippen molar-refractivity contribution in [2.24, 2.45) is 0 Å². The Balaban J connectivity index is 2.10. The molecule has 0 spiro atoms. The molecule has 9 heteroatoms. The van der Waals surface area contributed by atoms with Crippen LogP contribution in [0.1, 0.15) is 16.7 Å². The van der Waals surface area contributed by atoms with Crippen molar-refractivity contribution >= 4 is 12.1 Å². The Morgan fingerprint density at radius 2 is 1.90 bits per heavy atom. The second-order valence-electron chi connectivity index (χ2n) is 6.69. The Kier molecular flexibility index (Phi) is 6.19. The molecule has 1 amide bonds. The predicted molar refractivity (Wildman–Crippen MR) is 101 cm³/mol. The van der Waals surface area contributed by atoms with Crippen LogP contribution in [-0.2, 0) is 33.4 Å². The van der Waals surface area contributed by atoms with Crippen molar-refractivity contribution in [1.29, 1.82) is 0 Å². The predicted octanol–water partition coefficient (Wildman–Crippen LogP) is 4.05. The lowest BCUT2D eigenvalue weighted by molar-refractivity contribution is -0.140. The second-order valence-corrected chi connectivity index (χ2v) is 6.69. The Morgan fingerprint density at radius 3 is 2.50 bits per heavy atom. The van der Waals surface area contributed by atoms with Gasteiger partial charge in [-0.2, -0.15) is 13.2 Å². The van der Waals surface area contributed by atoms with Crippen molar-refractivity contribution in [3.8, 4) is 16.9 Å². The van der Waals surface area contributed by atoms with Gasteiger partial charge in [0.2, 0.25) is 0 Å². The van der Waals surface area contributed by atoms with E-state index in [1.54, 1.807) is 18.2 Å². The van der Waals surface area contributed by atoms with Crippen molar-refractivity contribution in [2.75, 3.05) is 27.4 Å². The number of carbonyl (C=O) groups excluding carboxylic acids is 2. The first-order valence-electron chi connectivity index (χ1n) is 9.09. The smallest absolute Gasteiger partial charge is 0.416 e. The fraction of sp³-hybridized carbons (Fsp3) is 0.333. The van der Waals surface area contributed by atoms with Crippen LogP contribution < -0.4 is 4.74 Å². The normalized spacial score (nSPS) is 13.9. The summed E-state index contributed by atoms with van der Waals surface area (Å²) in [5.41, 5.74) is 1.06. The summed E-state index contributed by atoms with van der Waals surface area (Å²) in [6.07, 6.45) is -5.11. The number of alkyl halides is 3. The molecule has 0 saturated carbocycles. The van der Waals surface area contributed by atoms with Crippen molar-refractivity contribution < 1.29 is 37.0 Å². The highest BCUT2D eigenvalue weighted by Gasteiger charge is 2.32. The quantitative estimate of drug-likeness (QED) is 0.656. The molecular formula is C21H20F3NO5. The van der Waals surface area contributed by atoms with Gasteiger partial charge in [-0.3, -0.25) is 4.79 Å². The number of nitrogens with zero attached hydrogens (tertiary/aromatic N) is 1. The Morgan fingerprint density at radius 1 is 1.13 bits per heavy atom. The molecule has 2 aromatic carbocycles. The van der Waals surface area contributed by atoms with Crippen molar-refractivity contribution in [3.63, 3.8) is 0 Å². The number of methoxy groups -OCH3 is 2. The highest BCUT2D eigenvalue weighted by molar-refractivity contribution is 5.78. The summed E-state index contributed by atoms with van der Waals surface area (Å²) in [7, 11) is 2.72. The number of ether oxygens (including phenoxy) is 3.